The van der Waals surface area contributed by atoms with E-state index in [1.54, 1.807) is 11.3 Å². The summed E-state index contributed by atoms with van der Waals surface area (Å²) in [5, 5.41) is 3.53. The summed E-state index contributed by atoms with van der Waals surface area (Å²) >= 11 is 12.3. The van der Waals surface area contributed by atoms with Gasteiger partial charge in [-0.25, -0.2) is 4.98 Å². The molecule has 1 aromatic heterocycles. The first kappa shape index (κ1) is 15.8. The minimum Gasteiger partial charge on any atom is -0.325 e. The van der Waals surface area contributed by atoms with Gasteiger partial charge in [0.25, 0.3) is 0 Å². The van der Waals surface area contributed by atoms with E-state index in [1.165, 1.54) is 11.8 Å². The van der Waals surface area contributed by atoms with Crippen LogP contribution in [0.3, 0.4) is 0 Å². The van der Waals surface area contributed by atoms with E-state index in [4.69, 9.17) is 11.6 Å². The van der Waals surface area contributed by atoms with Crippen molar-refractivity contribution in [1.82, 2.24) is 4.98 Å². The van der Waals surface area contributed by atoms with E-state index in [2.05, 4.69) is 26.2 Å². The van der Waals surface area contributed by atoms with Crippen LogP contribution in [0.4, 0.5) is 5.69 Å². The monoisotopic (exact) mass is 412 g/mol. The number of nitrogens with zero attached hydrogens (tertiary/aromatic N) is 1. The number of thioether (sulfide) groups is 1. The van der Waals surface area contributed by atoms with Crippen molar-refractivity contribution in [1.29, 1.82) is 0 Å². The van der Waals surface area contributed by atoms with Gasteiger partial charge in [-0.2, -0.15) is 0 Å². The lowest BCUT2D eigenvalue weighted by molar-refractivity contribution is -0.113. The molecule has 0 unspecified atom stereocenters. The van der Waals surface area contributed by atoms with Crippen LogP contribution in [0.2, 0.25) is 5.02 Å². The molecule has 0 radical (unpaired) electrons. The molecule has 7 heteroatoms. The van der Waals surface area contributed by atoms with Crippen molar-refractivity contribution in [2.45, 2.75) is 4.34 Å². The van der Waals surface area contributed by atoms with Crippen LogP contribution in [0, 0.1) is 0 Å². The Balaban J connectivity index is 1.62. The number of hydrogen-bond donors (Lipinski definition) is 1. The van der Waals surface area contributed by atoms with Gasteiger partial charge in [-0.05, 0) is 36.4 Å². The highest BCUT2D eigenvalue weighted by atomic mass is 79.9. The van der Waals surface area contributed by atoms with E-state index in [9.17, 15) is 4.79 Å². The summed E-state index contributed by atoms with van der Waals surface area (Å²) in [6.45, 7) is 0. The van der Waals surface area contributed by atoms with E-state index in [1.807, 2.05) is 42.5 Å². The van der Waals surface area contributed by atoms with Crippen LogP contribution in [-0.4, -0.2) is 16.6 Å². The zero-order valence-corrected chi connectivity index (χ0v) is 15.2. The number of nitrogens with one attached hydrogen (secondary N) is 1. The molecule has 3 nitrogen and oxygen atoms in total. The number of anilines is 1. The van der Waals surface area contributed by atoms with Crippen molar-refractivity contribution >= 4 is 72.4 Å². The smallest absolute Gasteiger partial charge is 0.234 e. The summed E-state index contributed by atoms with van der Waals surface area (Å²) in [6, 6.07) is 13.1. The molecule has 1 N–H and O–H groups in total. The van der Waals surface area contributed by atoms with Crippen molar-refractivity contribution in [3.05, 3.63) is 52.0 Å². The summed E-state index contributed by atoms with van der Waals surface area (Å²) < 4.78 is 2.86. The maximum Gasteiger partial charge on any atom is 0.234 e. The molecule has 0 aliphatic rings. The van der Waals surface area contributed by atoms with Gasteiger partial charge in [-0.3, -0.25) is 4.79 Å². The Bertz CT molecular complexity index is 837. The molecular formula is C15H10BrClN2OS2. The van der Waals surface area contributed by atoms with E-state index in [0.29, 0.717) is 10.8 Å². The Kier molecular flexibility index (Phi) is 5.03. The first-order valence-electron chi connectivity index (χ1n) is 6.34. The quantitative estimate of drug-likeness (QED) is 0.579. The van der Waals surface area contributed by atoms with Gasteiger partial charge in [0.05, 0.1) is 16.0 Å². The molecule has 0 atom stereocenters. The summed E-state index contributed by atoms with van der Waals surface area (Å²) in [6.07, 6.45) is 0. The van der Waals surface area contributed by atoms with Gasteiger partial charge in [0.15, 0.2) is 4.34 Å². The van der Waals surface area contributed by atoms with E-state index in [-0.39, 0.29) is 5.91 Å². The number of fused-ring (bicyclic) bond motifs is 1. The Morgan fingerprint density at radius 2 is 2.18 bits per heavy atom. The largest absolute Gasteiger partial charge is 0.325 e. The van der Waals surface area contributed by atoms with E-state index in [0.717, 1.165) is 24.7 Å². The maximum atomic E-state index is 12.0. The molecule has 22 heavy (non-hydrogen) atoms. The van der Waals surface area contributed by atoms with Crippen LogP contribution in [0.1, 0.15) is 0 Å². The van der Waals surface area contributed by atoms with Crippen molar-refractivity contribution < 1.29 is 4.79 Å². The molecule has 0 aliphatic carbocycles. The third-order valence-electron chi connectivity index (χ3n) is 2.77. The van der Waals surface area contributed by atoms with Crippen LogP contribution < -0.4 is 5.32 Å². The second kappa shape index (κ2) is 7.00. The summed E-state index contributed by atoms with van der Waals surface area (Å²) in [4.78, 5) is 16.5. The van der Waals surface area contributed by atoms with Gasteiger partial charge >= 0.3 is 0 Å². The van der Waals surface area contributed by atoms with Gasteiger partial charge in [-0.15, -0.1) is 11.3 Å². The molecule has 0 saturated carbocycles. The zero-order chi connectivity index (χ0) is 15.5. The number of halogens is 2. The lowest BCUT2D eigenvalue weighted by Crippen LogP contribution is -2.13. The second-order valence-corrected chi connectivity index (χ2v) is 8.04. The SMILES string of the molecule is O=C(CSc1nc2cc(Cl)ccc2s1)Nc1cccc(Br)c1. The van der Waals surface area contributed by atoms with Crippen molar-refractivity contribution in [3.8, 4) is 0 Å². The summed E-state index contributed by atoms with van der Waals surface area (Å²) in [7, 11) is 0. The molecular weight excluding hydrogens is 404 g/mol. The second-order valence-electron chi connectivity index (χ2n) is 4.44. The lowest BCUT2D eigenvalue weighted by atomic mass is 10.3. The van der Waals surface area contributed by atoms with Crippen molar-refractivity contribution in [3.63, 3.8) is 0 Å². The standard InChI is InChI=1S/C15H10BrClN2OS2/c16-9-2-1-3-11(6-9)18-14(20)8-21-15-19-12-7-10(17)4-5-13(12)22-15/h1-7H,8H2,(H,18,20). The number of hydrogen-bond acceptors (Lipinski definition) is 4. The minimum atomic E-state index is -0.0552. The average Bonchev–Trinajstić information content (AvgIpc) is 2.87. The van der Waals surface area contributed by atoms with Crippen LogP contribution in [-0.2, 0) is 4.79 Å². The molecule has 3 rings (SSSR count). The highest BCUT2D eigenvalue weighted by Gasteiger charge is 2.08. The molecule has 3 aromatic rings. The predicted octanol–water partition coefficient (Wildman–Crippen LogP) is 5.44. The fourth-order valence-corrected chi connectivity index (χ4v) is 4.25. The lowest BCUT2D eigenvalue weighted by Gasteiger charge is -2.04. The van der Waals surface area contributed by atoms with Crippen LogP contribution >= 0.6 is 50.6 Å². The first-order chi connectivity index (χ1) is 10.6. The zero-order valence-electron chi connectivity index (χ0n) is 11.2. The molecule has 0 aliphatic heterocycles. The normalized spacial score (nSPS) is 10.8. The fraction of sp³-hybridized carbons (Fsp3) is 0.0667. The number of thiazole rings is 1. The van der Waals surface area contributed by atoms with Crippen LogP contribution in [0.15, 0.2) is 51.3 Å². The molecule has 1 heterocycles. The third kappa shape index (κ3) is 4.01. The third-order valence-corrected chi connectivity index (χ3v) is 5.67. The Hall–Kier alpha value is -1.08. The van der Waals surface area contributed by atoms with Gasteiger partial charge in [0, 0.05) is 15.2 Å². The number of carbonyl (C=O) groups is 1. The van der Waals surface area contributed by atoms with Crippen molar-refractivity contribution in [2.24, 2.45) is 0 Å². The number of benzene rings is 2. The van der Waals surface area contributed by atoms with Gasteiger partial charge in [-0.1, -0.05) is 45.4 Å². The number of rotatable bonds is 4. The topological polar surface area (TPSA) is 42.0 Å². The number of amides is 1. The predicted molar refractivity (Wildman–Crippen MR) is 98.1 cm³/mol. The summed E-state index contributed by atoms with van der Waals surface area (Å²) in [5.74, 6) is 0.264. The maximum absolute atomic E-state index is 12.0. The Morgan fingerprint density at radius 1 is 1.32 bits per heavy atom. The Labute approximate surface area is 149 Å². The molecule has 0 bridgehead atoms. The van der Waals surface area contributed by atoms with E-state index < -0.39 is 0 Å². The molecule has 1 amide bonds. The summed E-state index contributed by atoms with van der Waals surface area (Å²) in [5.41, 5.74) is 1.64. The number of carbonyl (C=O) groups excluding carboxylic acids is 1. The molecule has 0 spiro atoms. The fourth-order valence-electron chi connectivity index (χ4n) is 1.83. The minimum absolute atomic E-state index is 0.0552. The van der Waals surface area contributed by atoms with Crippen LogP contribution in [0.25, 0.3) is 10.2 Å². The van der Waals surface area contributed by atoms with Gasteiger partial charge in [0.2, 0.25) is 5.91 Å². The van der Waals surface area contributed by atoms with Gasteiger partial charge < -0.3 is 5.32 Å². The highest BCUT2D eigenvalue weighted by Crippen LogP contribution is 2.31. The van der Waals surface area contributed by atoms with Gasteiger partial charge in [0.1, 0.15) is 0 Å². The number of aromatic nitrogens is 1. The highest BCUT2D eigenvalue weighted by molar-refractivity contribution is 9.10. The first-order valence-corrected chi connectivity index (χ1v) is 9.32. The van der Waals surface area contributed by atoms with Crippen molar-refractivity contribution in [2.75, 3.05) is 11.1 Å². The average molecular weight is 414 g/mol. The molecule has 2 aromatic carbocycles. The molecule has 112 valence electrons. The molecule has 0 saturated heterocycles. The molecule has 0 fully saturated rings. The van der Waals surface area contributed by atoms with E-state index >= 15 is 0 Å². The Morgan fingerprint density at radius 3 is 3.00 bits per heavy atom. The van der Waals surface area contributed by atoms with Crippen LogP contribution in [0.5, 0.6) is 0 Å².